The number of sulfonamides is 1. The maximum atomic E-state index is 14.2. The van der Waals surface area contributed by atoms with Gasteiger partial charge in [0.2, 0.25) is 10.0 Å². The van der Waals surface area contributed by atoms with Crippen LogP contribution in [0.25, 0.3) is 22.0 Å². The summed E-state index contributed by atoms with van der Waals surface area (Å²) in [5, 5.41) is 1.38. The molecule has 0 aliphatic heterocycles. The summed E-state index contributed by atoms with van der Waals surface area (Å²) in [4.78, 5) is 0.191. The molecule has 162 valence electrons. The second-order valence-electron chi connectivity index (χ2n) is 6.91. The molecule has 0 atom stereocenters. The van der Waals surface area contributed by atoms with Crippen LogP contribution >= 0.6 is 24.0 Å². The van der Waals surface area contributed by atoms with Crippen LogP contribution in [0, 0.1) is 6.92 Å². The Labute approximate surface area is 187 Å². The molecule has 0 amide bonds. The molecule has 1 heterocycles. The van der Waals surface area contributed by atoms with Crippen molar-refractivity contribution in [3.05, 3.63) is 65.1 Å². The lowest BCUT2D eigenvalue weighted by molar-refractivity contribution is 0.521. The Hall–Kier alpha value is -1.90. The molecule has 0 radical (unpaired) electrons. The SMILES string of the molecule is Cc1c(-c2cccc(S(=O)(=O)N(C)C)c2)c2cc(Cl)ccc2n1CC(F)=CCN.Cl. The monoisotopic (exact) mass is 471 g/mol. The fraction of sp³-hybridized carbons (Fsp3) is 0.238. The van der Waals surface area contributed by atoms with E-state index in [0.29, 0.717) is 5.02 Å². The van der Waals surface area contributed by atoms with E-state index in [1.54, 1.807) is 24.3 Å². The number of rotatable bonds is 6. The third-order valence-corrected chi connectivity index (χ3v) is 6.88. The lowest BCUT2D eigenvalue weighted by Crippen LogP contribution is -2.22. The van der Waals surface area contributed by atoms with Gasteiger partial charge in [-0.25, -0.2) is 17.1 Å². The van der Waals surface area contributed by atoms with Gasteiger partial charge in [-0.2, -0.15) is 0 Å². The predicted octanol–water partition coefficient (Wildman–Crippen LogP) is 4.75. The quantitative estimate of drug-likeness (QED) is 0.563. The van der Waals surface area contributed by atoms with Crippen molar-refractivity contribution in [2.75, 3.05) is 20.6 Å². The van der Waals surface area contributed by atoms with Crippen LogP contribution in [-0.2, 0) is 16.6 Å². The summed E-state index contributed by atoms with van der Waals surface area (Å²) >= 11 is 6.23. The van der Waals surface area contributed by atoms with Crippen molar-refractivity contribution in [2.24, 2.45) is 5.73 Å². The number of nitrogens with zero attached hydrogens (tertiary/aromatic N) is 2. The molecule has 0 saturated carbocycles. The normalized spacial score (nSPS) is 12.4. The Morgan fingerprint density at radius 1 is 1.23 bits per heavy atom. The molecule has 0 fully saturated rings. The number of benzene rings is 2. The Kier molecular flexibility index (Phi) is 7.71. The van der Waals surface area contributed by atoms with Gasteiger partial charge in [0, 0.05) is 47.8 Å². The average Bonchev–Trinajstić information content (AvgIpc) is 2.92. The van der Waals surface area contributed by atoms with E-state index in [4.69, 9.17) is 17.3 Å². The summed E-state index contributed by atoms with van der Waals surface area (Å²) in [6, 6.07) is 12.1. The van der Waals surface area contributed by atoms with Gasteiger partial charge in [0.25, 0.3) is 0 Å². The van der Waals surface area contributed by atoms with Crippen molar-refractivity contribution in [2.45, 2.75) is 18.4 Å². The van der Waals surface area contributed by atoms with E-state index in [0.717, 1.165) is 27.7 Å². The van der Waals surface area contributed by atoms with E-state index < -0.39 is 10.0 Å². The standard InChI is InChI=1S/C21H23ClFN3O2S.ClH/c1-14-21(15-5-4-6-18(11-15)29(27,28)25(2)3)19-12-16(22)7-8-20(19)26(14)13-17(23)9-10-24;/h4-9,11-12H,10,13,24H2,1-3H3;1H. The summed E-state index contributed by atoms with van der Waals surface area (Å²) in [6.07, 6.45) is 1.34. The maximum Gasteiger partial charge on any atom is 0.242 e. The smallest absolute Gasteiger partial charge is 0.242 e. The zero-order chi connectivity index (χ0) is 21.3. The fourth-order valence-corrected chi connectivity index (χ4v) is 4.51. The van der Waals surface area contributed by atoms with E-state index in [1.807, 2.05) is 29.7 Å². The first-order valence-electron chi connectivity index (χ1n) is 9.02. The van der Waals surface area contributed by atoms with Crippen molar-refractivity contribution in [3.63, 3.8) is 0 Å². The second-order valence-corrected chi connectivity index (χ2v) is 9.50. The van der Waals surface area contributed by atoms with E-state index in [1.165, 1.54) is 24.5 Å². The molecule has 30 heavy (non-hydrogen) atoms. The third kappa shape index (κ3) is 4.55. The highest BCUT2D eigenvalue weighted by Crippen LogP contribution is 2.37. The first-order valence-corrected chi connectivity index (χ1v) is 10.8. The van der Waals surface area contributed by atoms with Gasteiger partial charge in [0.05, 0.1) is 11.4 Å². The summed E-state index contributed by atoms with van der Waals surface area (Å²) in [6.45, 7) is 2.04. The van der Waals surface area contributed by atoms with E-state index in [9.17, 15) is 12.8 Å². The average molecular weight is 472 g/mol. The molecule has 5 nitrogen and oxygen atoms in total. The molecule has 3 aromatic rings. The number of hydrogen-bond donors (Lipinski definition) is 1. The number of hydrogen-bond acceptors (Lipinski definition) is 3. The van der Waals surface area contributed by atoms with Crippen LogP contribution in [-0.4, -0.2) is 37.9 Å². The van der Waals surface area contributed by atoms with Crippen LogP contribution < -0.4 is 5.73 Å². The number of allylic oxidation sites excluding steroid dienone is 1. The maximum absolute atomic E-state index is 14.2. The van der Waals surface area contributed by atoms with Crippen molar-refractivity contribution in [1.82, 2.24) is 8.87 Å². The highest BCUT2D eigenvalue weighted by molar-refractivity contribution is 7.89. The molecule has 0 bridgehead atoms. The van der Waals surface area contributed by atoms with E-state index >= 15 is 0 Å². The first-order chi connectivity index (χ1) is 13.7. The van der Waals surface area contributed by atoms with Gasteiger partial charge in [0.1, 0.15) is 5.83 Å². The molecule has 2 N–H and O–H groups in total. The molecule has 0 aliphatic carbocycles. The van der Waals surface area contributed by atoms with Crippen LogP contribution in [0.2, 0.25) is 5.02 Å². The van der Waals surface area contributed by atoms with Crippen molar-refractivity contribution >= 4 is 44.9 Å². The Morgan fingerprint density at radius 2 is 1.93 bits per heavy atom. The van der Waals surface area contributed by atoms with Gasteiger partial charge >= 0.3 is 0 Å². The van der Waals surface area contributed by atoms with E-state index in [-0.39, 0.29) is 36.2 Å². The molecule has 9 heteroatoms. The van der Waals surface area contributed by atoms with Gasteiger partial charge in [-0.3, -0.25) is 0 Å². The summed E-state index contributed by atoms with van der Waals surface area (Å²) in [5.41, 5.74) is 8.58. The zero-order valence-corrected chi connectivity index (χ0v) is 19.3. The predicted molar refractivity (Wildman–Crippen MR) is 123 cm³/mol. The molecule has 3 rings (SSSR count). The summed E-state index contributed by atoms with van der Waals surface area (Å²) < 4.78 is 42.4. The summed E-state index contributed by atoms with van der Waals surface area (Å²) in [7, 11) is -0.601. The molecule has 1 aromatic heterocycles. The number of fused-ring (bicyclic) bond motifs is 1. The molecule has 0 aliphatic rings. The fourth-order valence-electron chi connectivity index (χ4n) is 3.39. The van der Waals surface area contributed by atoms with Crippen LogP contribution in [0.4, 0.5) is 4.39 Å². The number of nitrogens with two attached hydrogens (primary N) is 1. The summed E-state index contributed by atoms with van der Waals surface area (Å²) in [5.74, 6) is -0.335. The van der Waals surface area contributed by atoms with Gasteiger partial charge in [-0.05, 0) is 48.9 Å². The highest BCUT2D eigenvalue weighted by atomic mass is 35.5. The molecule has 2 aromatic carbocycles. The number of aromatic nitrogens is 1. The van der Waals surface area contributed by atoms with Crippen LogP contribution in [0.15, 0.2) is 59.3 Å². The lowest BCUT2D eigenvalue weighted by Gasteiger charge is -2.13. The van der Waals surface area contributed by atoms with Crippen LogP contribution in [0.1, 0.15) is 5.69 Å². The van der Waals surface area contributed by atoms with Crippen LogP contribution in [0.3, 0.4) is 0 Å². The molecule has 0 unspecified atom stereocenters. The molecular weight excluding hydrogens is 448 g/mol. The minimum Gasteiger partial charge on any atom is -0.337 e. The molecule has 0 spiro atoms. The van der Waals surface area contributed by atoms with Gasteiger partial charge in [0.15, 0.2) is 0 Å². The topological polar surface area (TPSA) is 68.3 Å². The molecular formula is C21H24Cl2FN3O2S. The van der Waals surface area contributed by atoms with Crippen molar-refractivity contribution in [1.29, 1.82) is 0 Å². The Bertz CT molecular complexity index is 1200. The lowest BCUT2D eigenvalue weighted by atomic mass is 10.0. The minimum absolute atomic E-state index is 0. The van der Waals surface area contributed by atoms with Gasteiger partial charge in [-0.15, -0.1) is 12.4 Å². The largest absolute Gasteiger partial charge is 0.337 e. The first kappa shape index (κ1) is 24.4. The highest BCUT2D eigenvalue weighted by Gasteiger charge is 2.21. The van der Waals surface area contributed by atoms with Crippen LogP contribution in [0.5, 0.6) is 0 Å². The second kappa shape index (κ2) is 9.49. The minimum atomic E-state index is -3.58. The van der Waals surface area contributed by atoms with Gasteiger partial charge < -0.3 is 10.3 Å². The van der Waals surface area contributed by atoms with Crippen molar-refractivity contribution < 1.29 is 12.8 Å². The third-order valence-electron chi connectivity index (χ3n) is 4.84. The van der Waals surface area contributed by atoms with E-state index in [2.05, 4.69) is 0 Å². The Balaban J connectivity index is 0.00000320. The Morgan fingerprint density at radius 3 is 2.57 bits per heavy atom. The van der Waals surface area contributed by atoms with Gasteiger partial charge in [-0.1, -0.05) is 23.7 Å². The van der Waals surface area contributed by atoms with Crippen molar-refractivity contribution in [3.8, 4) is 11.1 Å². The molecule has 0 saturated heterocycles. The zero-order valence-electron chi connectivity index (χ0n) is 16.9. The number of halogens is 3.